The van der Waals surface area contributed by atoms with Gasteiger partial charge in [-0.15, -0.1) is 11.6 Å². The molecule has 4 fully saturated rings. The van der Waals surface area contributed by atoms with Gasteiger partial charge in [-0.1, -0.05) is 0 Å². The Hall–Kier alpha value is -0.520. The van der Waals surface area contributed by atoms with Gasteiger partial charge in [-0.05, 0) is 45.9 Å². The number of carbonyl (C=O) groups excluding carboxylic acids is 1. The number of fused-ring (bicyclic) bond motifs is 1. The van der Waals surface area contributed by atoms with Crippen LogP contribution in [0, 0.1) is 5.92 Å². The van der Waals surface area contributed by atoms with Gasteiger partial charge in [0.15, 0.2) is 0 Å². The first-order valence-corrected chi connectivity index (χ1v) is 11.1. The number of amides is 1. The van der Waals surface area contributed by atoms with Gasteiger partial charge in [-0.25, -0.2) is 10.4 Å². The fourth-order valence-corrected chi connectivity index (χ4v) is 5.44. The first kappa shape index (κ1) is 20.7. The van der Waals surface area contributed by atoms with Crippen LogP contribution < -0.4 is 32.4 Å². The lowest BCUT2D eigenvalue weighted by Crippen LogP contribution is -2.64. The molecule has 0 aromatic heterocycles. The number of hydrogen-bond acceptors (Lipinski definition) is 8. The summed E-state index contributed by atoms with van der Waals surface area (Å²) in [4.78, 5) is 15.8. The van der Waals surface area contributed by atoms with E-state index in [1.54, 1.807) is 0 Å². The van der Waals surface area contributed by atoms with Crippen LogP contribution in [0.25, 0.3) is 0 Å². The Bertz CT molecular complexity index is 546. The summed E-state index contributed by atoms with van der Waals surface area (Å²) in [7, 11) is 2.04. The van der Waals surface area contributed by atoms with Crippen molar-refractivity contribution in [2.24, 2.45) is 11.7 Å². The molecule has 9 nitrogen and oxygen atoms in total. The maximum Gasteiger partial charge on any atom is 0.229 e. The van der Waals surface area contributed by atoms with Gasteiger partial charge in [-0.2, -0.15) is 0 Å². The number of likely N-dealkylation sites (tertiary alicyclic amines) is 1. The van der Waals surface area contributed by atoms with E-state index in [9.17, 15) is 4.79 Å². The molecule has 4 heterocycles. The Morgan fingerprint density at radius 3 is 2.75 bits per heavy atom. The molecule has 6 unspecified atom stereocenters. The molecular formula is C18H35ClN8O. The predicted octanol–water partition coefficient (Wildman–Crippen LogP) is -2.23. The second kappa shape index (κ2) is 9.09. The van der Waals surface area contributed by atoms with Crippen molar-refractivity contribution in [3.8, 4) is 0 Å². The molecule has 0 radical (unpaired) electrons. The molecule has 4 saturated heterocycles. The lowest BCUT2D eigenvalue weighted by molar-refractivity contribution is -0.128. The van der Waals surface area contributed by atoms with Gasteiger partial charge >= 0.3 is 0 Å². The summed E-state index contributed by atoms with van der Waals surface area (Å²) in [6.07, 6.45) is 2.89. The molecule has 4 aliphatic heterocycles. The van der Waals surface area contributed by atoms with E-state index in [1.165, 1.54) is 12.8 Å². The highest BCUT2D eigenvalue weighted by Crippen LogP contribution is 2.24. The summed E-state index contributed by atoms with van der Waals surface area (Å²) in [5, 5.41) is 15.5. The molecule has 28 heavy (non-hydrogen) atoms. The van der Waals surface area contributed by atoms with E-state index in [0.717, 1.165) is 32.6 Å². The van der Waals surface area contributed by atoms with Gasteiger partial charge in [0, 0.05) is 31.7 Å². The Balaban J connectivity index is 1.38. The summed E-state index contributed by atoms with van der Waals surface area (Å²) in [5.74, 6) is -0.307. The van der Waals surface area contributed by atoms with Crippen molar-refractivity contribution in [1.82, 2.24) is 36.6 Å². The van der Waals surface area contributed by atoms with E-state index in [2.05, 4.69) is 31.6 Å². The maximum absolute atomic E-state index is 13.2. The molecule has 0 aliphatic carbocycles. The third kappa shape index (κ3) is 4.32. The molecule has 0 aromatic carbocycles. The average Bonchev–Trinajstić information content (AvgIpc) is 3.03. The third-order valence-corrected chi connectivity index (χ3v) is 7.10. The molecule has 160 valence electrons. The van der Waals surface area contributed by atoms with Gasteiger partial charge in [0.25, 0.3) is 0 Å². The van der Waals surface area contributed by atoms with Crippen molar-refractivity contribution in [1.29, 1.82) is 0 Å². The first-order chi connectivity index (χ1) is 13.6. The monoisotopic (exact) mass is 414 g/mol. The van der Waals surface area contributed by atoms with Crippen molar-refractivity contribution in [2.45, 2.75) is 55.1 Å². The smallest absolute Gasteiger partial charge is 0.229 e. The number of hydrazine groups is 1. The zero-order chi connectivity index (χ0) is 19.7. The summed E-state index contributed by atoms with van der Waals surface area (Å²) < 4.78 is 0. The minimum absolute atomic E-state index is 0.0187. The molecule has 4 aliphatic rings. The fraction of sp³-hybridized carbons (Fsp3) is 0.944. The number of hydrogen-bond donors (Lipinski definition) is 6. The minimum atomic E-state index is -0.402. The van der Waals surface area contributed by atoms with Gasteiger partial charge in [0.1, 0.15) is 0 Å². The molecule has 0 saturated carbocycles. The molecule has 0 aromatic rings. The van der Waals surface area contributed by atoms with Crippen molar-refractivity contribution in [3.05, 3.63) is 0 Å². The van der Waals surface area contributed by atoms with E-state index >= 15 is 0 Å². The van der Waals surface area contributed by atoms with Gasteiger partial charge in [0.05, 0.1) is 29.7 Å². The molecule has 6 atom stereocenters. The summed E-state index contributed by atoms with van der Waals surface area (Å²) in [5.41, 5.74) is 9.48. The number of carbonyl (C=O) groups is 1. The number of halogens is 1. The summed E-state index contributed by atoms with van der Waals surface area (Å²) in [6, 6.07) is 1.11. The van der Waals surface area contributed by atoms with E-state index in [4.69, 9.17) is 17.3 Å². The zero-order valence-electron chi connectivity index (χ0n) is 16.7. The standard InChI is InChI=1S/C18H35ClN8O/c1-21-12-3-6-26(7-4-12)14-2-5-22-9-13(14)24-18(28)15-16(20)25-27-10-11(19)8-23-17(15)27/h11-17,21-23,25H,2-10,20H2,1H3,(H,24,28). The molecule has 4 rings (SSSR count). The quantitative estimate of drug-likeness (QED) is 0.287. The Morgan fingerprint density at radius 1 is 1.21 bits per heavy atom. The largest absolute Gasteiger partial charge is 0.350 e. The Labute approximate surface area is 172 Å². The van der Waals surface area contributed by atoms with Crippen LogP contribution in [0.1, 0.15) is 19.3 Å². The number of rotatable bonds is 4. The van der Waals surface area contributed by atoms with Crippen LogP contribution in [-0.4, -0.2) is 98.0 Å². The number of piperidine rings is 2. The zero-order valence-corrected chi connectivity index (χ0v) is 17.4. The number of nitrogens with one attached hydrogen (secondary N) is 5. The van der Waals surface area contributed by atoms with Crippen molar-refractivity contribution < 1.29 is 4.79 Å². The van der Waals surface area contributed by atoms with E-state index < -0.39 is 6.17 Å². The lowest BCUT2D eigenvalue weighted by Gasteiger charge is -2.44. The van der Waals surface area contributed by atoms with E-state index in [0.29, 0.717) is 25.2 Å². The molecule has 0 bridgehead atoms. The SMILES string of the molecule is CNC1CCN(C2CCNCC2NC(=O)C2C(N)NN3CC(Cl)CNC23)CC1. The van der Waals surface area contributed by atoms with E-state index in [1.807, 2.05) is 12.1 Å². The average molecular weight is 415 g/mol. The van der Waals surface area contributed by atoms with Crippen LogP contribution in [0.4, 0.5) is 0 Å². The third-order valence-electron chi connectivity index (χ3n) is 6.80. The topological polar surface area (TPSA) is 110 Å². The molecular weight excluding hydrogens is 380 g/mol. The number of nitrogens with two attached hydrogens (primary N) is 1. The Kier molecular flexibility index (Phi) is 6.74. The minimum Gasteiger partial charge on any atom is -0.350 e. The predicted molar refractivity (Wildman–Crippen MR) is 110 cm³/mol. The molecule has 10 heteroatoms. The van der Waals surface area contributed by atoms with Crippen LogP contribution in [0.3, 0.4) is 0 Å². The van der Waals surface area contributed by atoms with Crippen LogP contribution in [-0.2, 0) is 4.79 Å². The Morgan fingerprint density at radius 2 is 2.00 bits per heavy atom. The van der Waals surface area contributed by atoms with Gasteiger partial charge < -0.3 is 21.7 Å². The molecule has 1 amide bonds. The first-order valence-electron chi connectivity index (χ1n) is 10.6. The molecule has 7 N–H and O–H groups in total. The van der Waals surface area contributed by atoms with E-state index in [-0.39, 0.29) is 29.4 Å². The van der Waals surface area contributed by atoms with Gasteiger partial charge in [-0.3, -0.25) is 15.0 Å². The van der Waals surface area contributed by atoms with Gasteiger partial charge in [0.2, 0.25) is 5.91 Å². The van der Waals surface area contributed by atoms with Crippen molar-refractivity contribution in [3.63, 3.8) is 0 Å². The highest BCUT2D eigenvalue weighted by Gasteiger charge is 2.47. The van der Waals surface area contributed by atoms with Crippen LogP contribution in [0.15, 0.2) is 0 Å². The van der Waals surface area contributed by atoms with Crippen LogP contribution in [0.2, 0.25) is 0 Å². The summed E-state index contributed by atoms with van der Waals surface area (Å²) in [6.45, 7) is 5.36. The number of alkyl halides is 1. The molecule has 0 spiro atoms. The highest BCUT2D eigenvalue weighted by molar-refractivity contribution is 6.21. The van der Waals surface area contributed by atoms with Crippen LogP contribution >= 0.6 is 11.6 Å². The highest BCUT2D eigenvalue weighted by atomic mass is 35.5. The summed E-state index contributed by atoms with van der Waals surface area (Å²) >= 11 is 6.24. The number of nitrogens with zero attached hydrogens (tertiary/aromatic N) is 2. The normalized spacial score (nSPS) is 41.0. The lowest BCUT2D eigenvalue weighted by atomic mass is 9.94. The maximum atomic E-state index is 13.2. The second-order valence-corrected chi connectivity index (χ2v) is 9.17. The van der Waals surface area contributed by atoms with Crippen LogP contribution in [0.5, 0.6) is 0 Å². The second-order valence-electron chi connectivity index (χ2n) is 8.56. The van der Waals surface area contributed by atoms with Crippen molar-refractivity contribution in [2.75, 3.05) is 46.3 Å². The fourth-order valence-electron chi connectivity index (χ4n) is 5.21. The van der Waals surface area contributed by atoms with Crippen molar-refractivity contribution >= 4 is 17.5 Å².